The first-order valence-electron chi connectivity index (χ1n) is 6.07. The normalized spacial score (nSPS) is 25.2. The summed E-state index contributed by atoms with van der Waals surface area (Å²) in [7, 11) is -1.17. The van der Waals surface area contributed by atoms with Gasteiger partial charge < -0.3 is 10.2 Å². The van der Waals surface area contributed by atoms with E-state index < -0.39 is 9.84 Å². The topological polar surface area (TPSA) is 66.5 Å². The number of hydrogen-bond donors (Lipinski definition) is 1. The minimum Gasteiger partial charge on any atom is -0.345 e. The van der Waals surface area contributed by atoms with E-state index in [0.29, 0.717) is 13.0 Å². The molecule has 5 nitrogen and oxygen atoms in total. The summed E-state index contributed by atoms with van der Waals surface area (Å²) in [5, 5.41) is 3.12. The van der Waals surface area contributed by atoms with Crippen LogP contribution < -0.4 is 5.32 Å². The van der Waals surface area contributed by atoms with Gasteiger partial charge in [-0.3, -0.25) is 4.79 Å². The summed E-state index contributed by atoms with van der Waals surface area (Å²) in [6.45, 7) is 4.36. The van der Waals surface area contributed by atoms with Gasteiger partial charge in [0.05, 0.1) is 17.5 Å². The maximum atomic E-state index is 11.8. The number of amides is 1. The molecule has 1 N–H and O–H groups in total. The third-order valence-corrected chi connectivity index (χ3v) is 4.99. The van der Waals surface area contributed by atoms with Crippen molar-refractivity contribution < 1.29 is 13.2 Å². The van der Waals surface area contributed by atoms with Crippen molar-refractivity contribution in [2.45, 2.75) is 38.8 Å². The van der Waals surface area contributed by atoms with Gasteiger partial charge in [0.15, 0.2) is 9.84 Å². The maximum Gasteiger partial charge on any atom is 0.239 e. The number of hydrogen-bond acceptors (Lipinski definition) is 4. The second-order valence-electron chi connectivity index (χ2n) is 4.69. The Morgan fingerprint density at radius 1 is 1.53 bits per heavy atom. The Hall–Kier alpha value is -0.620. The van der Waals surface area contributed by atoms with E-state index in [1.165, 1.54) is 0 Å². The molecule has 1 aliphatic heterocycles. The van der Waals surface area contributed by atoms with Crippen molar-refractivity contribution in [3.8, 4) is 0 Å². The van der Waals surface area contributed by atoms with Gasteiger partial charge in [-0.25, -0.2) is 8.42 Å². The van der Waals surface area contributed by atoms with Crippen LogP contribution in [0.2, 0.25) is 0 Å². The van der Waals surface area contributed by atoms with Crippen LogP contribution in [-0.2, 0) is 14.6 Å². The van der Waals surface area contributed by atoms with E-state index in [2.05, 4.69) is 5.32 Å². The zero-order valence-corrected chi connectivity index (χ0v) is 11.6. The molecular weight excluding hydrogens is 240 g/mol. The summed E-state index contributed by atoms with van der Waals surface area (Å²) in [4.78, 5) is 13.5. The van der Waals surface area contributed by atoms with E-state index in [0.717, 1.165) is 6.42 Å². The van der Waals surface area contributed by atoms with Crippen LogP contribution in [0, 0.1) is 0 Å². The van der Waals surface area contributed by atoms with Gasteiger partial charge in [-0.2, -0.15) is 0 Å². The van der Waals surface area contributed by atoms with E-state index in [1.54, 1.807) is 18.9 Å². The second kappa shape index (κ2) is 5.82. The van der Waals surface area contributed by atoms with Gasteiger partial charge >= 0.3 is 0 Å². The first-order valence-corrected chi connectivity index (χ1v) is 7.89. The van der Waals surface area contributed by atoms with Gasteiger partial charge in [0.25, 0.3) is 0 Å². The van der Waals surface area contributed by atoms with Crippen LogP contribution in [0.5, 0.6) is 0 Å². The van der Waals surface area contributed by atoms with Gasteiger partial charge in [0.2, 0.25) is 5.91 Å². The molecule has 1 fully saturated rings. The summed E-state index contributed by atoms with van der Waals surface area (Å²) in [6.07, 6.45) is 1.51. The van der Waals surface area contributed by atoms with Crippen molar-refractivity contribution in [1.29, 1.82) is 0 Å². The zero-order chi connectivity index (χ0) is 13.1. The molecule has 0 saturated carbocycles. The van der Waals surface area contributed by atoms with Crippen LogP contribution in [0.4, 0.5) is 0 Å². The molecule has 0 aromatic carbocycles. The summed E-state index contributed by atoms with van der Waals surface area (Å²) in [5.74, 6) is 0.443. The molecule has 1 heterocycles. The lowest BCUT2D eigenvalue weighted by atomic mass is 10.1. The summed E-state index contributed by atoms with van der Waals surface area (Å²) < 4.78 is 22.9. The van der Waals surface area contributed by atoms with Crippen molar-refractivity contribution in [3.05, 3.63) is 0 Å². The SMILES string of the molecule is CCN(C)C(=O)C(C)NC1CCCS(=O)(=O)C1. The van der Waals surface area contributed by atoms with Crippen LogP contribution >= 0.6 is 0 Å². The third-order valence-electron chi connectivity index (χ3n) is 3.17. The van der Waals surface area contributed by atoms with Crippen molar-refractivity contribution >= 4 is 15.7 Å². The molecule has 0 radical (unpaired) electrons. The number of carbonyl (C=O) groups is 1. The highest BCUT2D eigenvalue weighted by molar-refractivity contribution is 7.91. The standard InChI is InChI=1S/C11H22N2O3S/c1-4-13(3)11(14)9(2)12-10-6-5-7-17(15,16)8-10/h9-10,12H,4-8H2,1-3H3. The lowest BCUT2D eigenvalue weighted by molar-refractivity contribution is -0.131. The highest BCUT2D eigenvalue weighted by atomic mass is 32.2. The van der Waals surface area contributed by atoms with Crippen molar-refractivity contribution in [2.24, 2.45) is 0 Å². The Bertz CT molecular complexity index is 367. The first kappa shape index (κ1) is 14.4. The molecule has 2 unspecified atom stereocenters. The van der Waals surface area contributed by atoms with E-state index in [9.17, 15) is 13.2 Å². The van der Waals surface area contributed by atoms with Gasteiger partial charge in [0, 0.05) is 19.6 Å². The molecule has 0 bridgehead atoms. The summed E-state index contributed by atoms with van der Waals surface area (Å²) in [6, 6.07) is -0.406. The van der Waals surface area contributed by atoms with Crippen LogP contribution in [-0.4, -0.2) is 56.4 Å². The molecular formula is C11H22N2O3S. The number of carbonyl (C=O) groups excluding carboxylic acids is 1. The number of nitrogens with zero attached hydrogens (tertiary/aromatic N) is 1. The number of rotatable bonds is 4. The fraction of sp³-hybridized carbons (Fsp3) is 0.909. The van der Waals surface area contributed by atoms with Crippen molar-refractivity contribution in [1.82, 2.24) is 10.2 Å². The molecule has 1 aliphatic rings. The molecule has 2 atom stereocenters. The minimum absolute atomic E-state index is 0.00970. The Morgan fingerprint density at radius 2 is 2.18 bits per heavy atom. The third kappa shape index (κ3) is 4.27. The molecule has 100 valence electrons. The second-order valence-corrected chi connectivity index (χ2v) is 6.92. The number of nitrogens with one attached hydrogen (secondary N) is 1. The van der Waals surface area contributed by atoms with Crippen LogP contribution in [0.3, 0.4) is 0 Å². The fourth-order valence-corrected chi connectivity index (χ4v) is 3.71. The van der Waals surface area contributed by atoms with Crippen LogP contribution in [0.25, 0.3) is 0 Å². The van der Waals surface area contributed by atoms with Gasteiger partial charge in [0.1, 0.15) is 0 Å². The summed E-state index contributed by atoms with van der Waals surface area (Å²) in [5.41, 5.74) is 0. The Balaban J connectivity index is 2.51. The van der Waals surface area contributed by atoms with E-state index in [1.807, 2.05) is 6.92 Å². The Kier molecular flexibility index (Phi) is 4.94. The smallest absolute Gasteiger partial charge is 0.239 e. The highest BCUT2D eigenvalue weighted by Crippen LogP contribution is 2.12. The minimum atomic E-state index is -2.92. The average molecular weight is 262 g/mol. The molecule has 17 heavy (non-hydrogen) atoms. The molecule has 0 spiro atoms. The average Bonchev–Trinajstić information content (AvgIpc) is 2.25. The zero-order valence-electron chi connectivity index (χ0n) is 10.8. The Labute approximate surface area is 103 Å². The van der Waals surface area contributed by atoms with Gasteiger partial charge in [-0.15, -0.1) is 0 Å². The van der Waals surface area contributed by atoms with Crippen molar-refractivity contribution in [3.63, 3.8) is 0 Å². The van der Waals surface area contributed by atoms with Crippen LogP contribution in [0.15, 0.2) is 0 Å². The fourth-order valence-electron chi connectivity index (χ4n) is 2.07. The lowest BCUT2D eigenvalue weighted by Crippen LogP contribution is -2.50. The molecule has 0 aliphatic carbocycles. The van der Waals surface area contributed by atoms with Crippen molar-refractivity contribution in [2.75, 3.05) is 25.1 Å². The monoisotopic (exact) mass is 262 g/mol. The molecule has 0 aromatic heterocycles. The number of likely N-dealkylation sites (N-methyl/N-ethyl adjacent to an activating group) is 1. The number of sulfone groups is 1. The van der Waals surface area contributed by atoms with E-state index >= 15 is 0 Å². The maximum absolute atomic E-state index is 11.8. The predicted molar refractivity (Wildman–Crippen MR) is 67.6 cm³/mol. The van der Waals surface area contributed by atoms with Gasteiger partial charge in [-0.1, -0.05) is 0 Å². The van der Waals surface area contributed by atoms with Gasteiger partial charge in [-0.05, 0) is 26.7 Å². The molecule has 6 heteroatoms. The molecule has 1 saturated heterocycles. The van der Waals surface area contributed by atoms with Crippen LogP contribution in [0.1, 0.15) is 26.7 Å². The Morgan fingerprint density at radius 3 is 2.71 bits per heavy atom. The van der Waals surface area contributed by atoms with E-state index in [-0.39, 0.29) is 29.5 Å². The first-order chi connectivity index (χ1) is 7.85. The largest absolute Gasteiger partial charge is 0.345 e. The molecule has 1 amide bonds. The quantitative estimate of drug-likeness (QED) is 0.775. The van der Waals surface area contributed by atoms with E-state index in [4.69, 9.17) is 0 Å². The summed E-state index contributed by atoms with van der Waals surface area (Å²) >= 11 is 0. The highest BCUT2D eigenvalue weighted by Gasteiger charge is 2.27. The molecule has 0 aromatic rings. The predicted octanol–water partition coefficient (Wildman–Crippen LogP) is 0.0200. The lowest BCUT2D eigenvalue weighted by Gasteiger charge is -2.28. The molecule has 1 rings (SSSR count).